The van der Waals surface area contributed by atoms with Crippen molar-refractivity contribution in [1.29, 1.82) is 0 Å². The molecule has 0 unspecified atom stereocenters. The van der Waals surface area contributed by atoms with E-state index < -0.39 is 41.4 Å². The van der Waals surface area contributed by atoms with Crippen LogP contribution in [0.4, 0.5) is 28.8 Å². The number of Topliss-reactive ketones (excluding diaryl/α,β-unsaturated/α-hetero) is 4. The predicted molar refractivity (Wildman–Crippen MR) is 381 cm³/mol. The number of hydrogen-bond acceptors (Lipinski definition) is 17. The van der Waals surface area contributed by atoms with E-state index in [0.717, 1.165) is 32.2 Å². The predicted octanol–water partition coefficient (Wildman–Crippen LogP) is 4.36. The van der Waals surface area contributed by atoms with Crippen LogP contribution in [-0.4, -0.2) is 166 Å². The number of carbonyl (C=O) groups excluding carboxylic acids is 13. The molecule has 550 valence electrons. The number of hydrogen-bond donors (Lipinski definition) is 9. The van der Waals surface area contributed by atoms with E-state index in [-0.39, 0.29) is 146 Å². The summed E-state index contributed by atoms with van der Waals surface area (Å²) in [7, 11) is 15.3. The molecular weight excluding hydrogens is 1330 g/mol. The van der Waals surface area contributed by atoms with Crippen LogP contribution < -0.4 is 47.4 Å². The highest BCUT2D eigenvalue weighted by Gasteiger charge is 2.24. The number of quaternary nitrogens is 1. The Hall–Kier alpha value is -11.4. The summed E-state index contributed by atoms with van der Waals surface area (Å²) >= 11 is 0. The highest BCUT2D eigenvalue weighted by atomic mass is 16.5. The molecule has 0 aliphatic rings. The number of benzene rings is 1. The molecule has 32 nitrogen and oxygen atoms in total. The molecule has 8 amide bonds. The van der Waals surface area contributed by atoms with Gasteiger partial charge in [-0.25, -0.2) is 15.0 Å². The number of imidazole rings is 3. The van der Waals surface area contributed by atoms with Gasteiger partial charge in [-0.15, -0.1) is 0 Å². The Balaban J connectivity index is 0.763. The molecule has 7 aromatic rings. The summed E-state index contributed by atoms with van der Waals surface area (Å²) < 4.78 is 13.7. The fourth-order valence-electron chi connectivity index (χ4n) is 11.2. The average Bonchev–Trinajstić information content (AvgIpc) is 1.71. The van der Waals surface area contributed by atoms with Crippen LogP contribution in [0.25, 0.3) is 0 Å². The number of nitrogens with zero attached hydrogens (tertiary/aromatic N) is 9. The van der Waals surface area contributed by atoms with Crippen LogP contribution >= 0.6 is 0 Å². The summed E-state index contributed by atoms with van der Waals surface area (Å²) in [6, 6.07) is 11.1. The van der Waals surface area contributed by atoms with Gasteiger partial charge in [-0.05, 0) is 92.1 Å². The molecule has 0 atom stereocenters. The zero-order valence-corrected chi connectivity index (χ0v) is 59.8. The molecule has 1 aromatic carbocycles. The fraction of sp³-hybridized carbons (Fsp3) is 0.437. The van der Waals surface area contributed by atoms with Crippen LogP contribution in [0.1, 0.15) is 188 Å². The van der Waals surface area contributed by atoms with Gasteiger partial charge in [-0.3, -0.25) is 62.3 Å². The molecule has 0 fully saturated rings. The fourth-order valence-corrected chi connectivity index (χ4v) is 11.2. The minimum absolute atomic E-state index is 0.000445. The Bertz CT molecular complexity index is 4240. The first-order chi connectivity index (χ1) is 49.1. The minimum atomic E-state index is -0.710. The van der Waals surface area contributed by atoms with Crippen LogP contribution in [0.15, 0.2) is 79.6 Å². The molecule has 0 radical (unpaired) electrons. The minimum Gasteiger partial charge on any atom is -0.469 e. The Kier molecular flexibility index (Phi) is 29.4. The number of nitrogens with one attached hydrogen (secondary N) is 9. The van der Waals surface area contributed by atoms with Gasteiger partial charge in [0.05, 0.1) is 44.8 Å². The van der Waals surface area contributed by atoms with E-state index in [2.05, 4.69) is 76.3 Å². The SMILES string of the molecule is COC(=O)CCCCCCC(=O)Nc1ccc(C(=O)NCCC(=O)NCCC(=O)Nc2cn(C)c(C(=O)Nc3cn(C)c(C(=O)Nc4cc(C(=O)NCCCC(=O)Nc5cn(C)c(C(=O)Cc6cc(C(=O)Cc7cc(C(=O)CCCC(=O)CCCC[NH+](C)C)n(C)c7)n(C)c6)n5)n(C)c4)n3)n2)cc1. The Morgan fingerprint density at radius 2 is 0.883 bits per heavy atom. The van der Waals surface area contributed by atoms with E-state index in [9.17, 15) is 62.3 Å². The van der Waals surface area contributed by atoms with Crippen molar-refractivity contribution in [2.75, 3.05) is 74.0 Å². The van der Waals surface area contributed by atoms with Gasteiger partial charge in [0.2, 0.25) is 41.1 Å². The number of rotatable bonds is 42. The van der Waals surface area contributed by atoms with Gasteiger partial charge in [0, 0.05) is 175 Å². The molecule has 0 saturated carbocycles. The lowest BCUT2D eigenvalue weighted by Gasteiger charge is -2.08. The molecule has 6 aromatic heterocycles. The maximum atomic E-state index is 13.5. The molecule has 9 N–H and O–H groups in total. The average molecular weight is 1420 g/mol. The van der Waals surface area contributed by atoms with E-state index >= 15 is 0 Å². The first-order valence-corrected chi connectivity index (χ1v) is 34.1. The summed E-state index contributed by atoms with van der Waals surface area (Å²) in [6.45, 7) is 1.12. The van der Waals surface area contributed by atoms with E-state index in [1.165, 1.54) is 75.2 Å². The summed E-state index contributed by atoms with van der Waals surface area (Å²) in [5, 5.41) is 21.4. The second kappa shape index (κ2) is 38.4. The van der Waals surface area contributed by atoms with Crippen molar-refractivity contribution < 1.29 is 72.0 Å². The van der Waals surface area contributed by atoms with Crippen molar-refractivity contribution in [3.8, 4) is 0 Å². The molecule has 32 heteroatoms. The van der Waals surface area contributed by atoms with E-state index in [0.29, 0.717) is 78.7 Å². The molecule has 0 saturated heterocycles. The van der Waals surface area contributed by atoms with Gasteiger partial charge in [0.1, 0.15) is 11.5 Å². The monoisotopic (exact) mass is 1420 g/mol. The largest absolute Gasteiger partial charge is 0.469 e. The van der Waals surface area contributed by atoms with Crippen molar-refractivity contribution in [2.45, 2.75) is 116 Å². The topological polar surface area (TPSA) is 400 Å². The third kappa shape index (κ3) is 24.7. The lowest BCUT2D eigenvalue weighted by atomic mass is 10.0. The molecular formula is C71H93N18O14+. The summed E-state index contributed by atoms with van der Waals surface area (Å²) in [5.41, 5.74) is 3.41. The molecule has 6 heterocycles. The van der Waals surface area contributed by atoms with Crippen LogP contribution in [0.2, 0.25) is 0 Å². The third-order valence-electron chi connectivity index (χ3n) is 16.6. The highest BCUT2D eigenvalue weighted by Crippen LogP contribution is 2.21. The zero-order chi connectivity index (χ0) is 74.9. The van der Waals surface area contributed by atoms with E-state index in [4.69, 9.17) is 0 Å². The lowest BCUT2D eigenvalue weighted by Crippen LogP contribution is -3.05. The van der Waals surface area contributed by atoms with Crippen LogP contribution in [0.3, 0.4) is 0 Å². The van der Waals surface area contributed by atoms with Crippen LogP contribution in [-0.2, 0) is 88.6 Å². The zero-order valence-electron chi connectivity index (χ0n) is 59.8. The number of unbranched alkanes of at least 4 members (excludes halogenated alkanes) is 4. The van der Waals surface area contributed by atoms with Gasteiger partial charge in [-0.1, -0.05) is 12.8 Å². The number of ether oxygens (including phenoxy) is 1. The van der Waals surface area contributed by atoms with Crippen molar-refractivity contribution in [3.63, 3.8) is 0 Å². The first kappa shape index (κ1) is 78.9. The number of amides is 8. The van der Waals surface area contributed by atoms with Crippen molar-refractivity contribution in [3.05, 3.63) is 131 Å². The van der Waals surface area contributed by atoms with E-state index in [1.807, 2.05) is 0 Å². The smallest absolute Gasteiger partial charge is 0.305 e. The molecule has 0 spiro atoms. The van der Waals surface area contributed by atoms with Crippen LogP contribution in [0.5, 0.6) is 0 Å². The summed E-state index contributed by atoms with van der Waals surface area (Å²) in [5.74, 6) is -4.40. The lowest BCUT2D eigenvalue weighted by molar-refractivity contribution is -0.858. The van der Waals surface area contributed by atoms with Gasteiger partial charge in [0.25, 0.3) is 23.6 Å². The standard InChI is InChI=1S/C71H92N18O14/c1-83(2)33-15-14-18-50(90)19-16-20-54(91)51-34-45(39-84(51)3)36-55(92)52-35-46(40-85(52)4)37-56(93)65-79-57(42-87(65)6)77-62(96)22-17-30-73-69(100)53-38-49(41-86(53)5)76-70(101)66-81-59(44-89(66)8)82-71(102)67-80-58(43-88(67)7)78-63(97)29-31-72-60(94)28-32-74-68(99)47-24-26-48(27-25-47)75-61(95)21-12-10-11-13-23-64(98)103-9/h24-27,34-35,38-44H,10-23,28-33,36-37H2,1-9H3,(H,72,94)(H,73,100)(H,74,99)(H,75,95)(H,76,101)(H,77,96)(H,78,97)(H,82,102)/p+1. The highest BCUT2D eigenvalue weighted by molar-refractivity contribution is 6.06. The number of methoxy groups -OCH3 is 1. The number of ketones is 4. The van der Waals surface area contributed by atoms with Crippen molar-refractivity contribution in [2.24, 2.45) is 42.3 Å². The summed E-state index contributed by atoms with van der Waals surface area (Å²) in [4.78, 5) is 181. The number of aryl methyl sites for hydroxylation is 6. The van der Waals surface area contributed by atoms with Gasteiger partial charge >= 0.3 is 5.97 Å². The summed E-state index contributed by atoms with van der Waals surface area (Å²) in [6.07, 6.45) is 16.4. The third-order valence-corrected chi connectivity index (χ3v) is 16.6. The number of esters is 1. The molecule has 0 bridgehead atoms. The Labute approximate surface area is 595 Å². The van der Waals surface area contributed by atoms with Gasteiger partial charge in [-0.2, -0.15) is 0 Å². The first-order valence-electron chi connectivity index (χ1n) is 34.1. The molecule has 7 rings (SSSR count). The Morgan fingerprint density at radius 1 is 0.388 bits per heavy atom. The molecule has 0 aliphatic heterocycles. The maximum absolute atomic E-state index is 13.5. The number of aromatic nitrogens is 9. The van der Waals surface area contributed by atoms with Crippen molar-refractivity contribution >= 4 is 105 Å². The van der Waals surface area contributed by atoms with Crippen molar-refractivity contribution in [1.82, 2.24) is 58.3 Å². The number of carbonyl (C=O) groups is 13. The Morgan fingerprint density at radius 3 is 1.51 bits per heavy atom. The molecule has 0 aliphatic carbocycles. The van der Waals surface area contributed by atoms with Gasteiger partial charge < -0.3 is 79.6 Å². The van der Waals surface area contributed by atoms with Gasteiger partial charge in [0.15, 0.2) is 34.8 Å². The quantitative estimate of drug-likeness (QED) is 0.0146. The number of anilines is 5. The second-order valence-electron chi connectivity index (χ2n) is 25.6. The van der Waals surface area contributed by atoms with Crippen LogP contribution in [0, 0.1) is 0 Å². The van der Waals surface area contributed by atoms with E-state index in [1.54, 1.807) is 86.1 Å². The maximum Gasteiger partial charge on any atom is 0.305 e. The second-order valence-corrected chi connectivity index (χ2v) is 25.6. The molecule has 103 heavy (non-hydrogen) atoms. The normalized spacial score (nSPS) is 11.0.